The number of hydrogen-bond acceptors (Lipinski definition) is 4. The zero-order chi connectivity index (χ0) is 17.5. The van der Waals surface area contributed by atoms with Gasteiger partial charge < -0.3 is 10.6 Å². The Morgan fingerprint density at radius 3 is 2.58 bits per heavy atom. The first-order chi connectivity index (χ1) is 11.5. The molecule has 1 aromatic heterocycles. The van der Waals surface area contributed by atoms with E-state index in [9.17, 15) is 14.0 Å². The molecule has 24 heavy (non-hydrogen) atoms. The highest BCUT2D eigenvalue weighted by Crippen LogP contribution is 2.18. The summed E-state index contributed by atoms with van der Waals surface area (Å²) in [6.45, 7) is 4.69. The van der Waals surface area contributed by atoms with Gasteiger partial charge in [0.15, 0.2) is 0 Å². The molecule has 1 aromatic carbocycles. The predicted octanol–water partition coefficient (Wildman–Crippen LogP) is 2.59. The Morgan fingerprint density at radius 2 is 1.92 bits per heavy atom. The summed E-state index contributed by atoms with van der Waals surface area (Å²) in [5.41, 5.74) is 1.45. The summed E-state index contributed by atoms with van der Waals surface area (Å²) in [7, 11) is 0. The molecular formula is C17H20FN3O2S. The minimum atomic E-state index is -0.308. The van der Waals surface area contributed by atoms with E-state index in [2.05, 4.69) is 15.6 Å². The Morgan fingerprint density at radius 1 is 1.21 bits per heavy atom. The normalized spacial score (nSPS) is 10.5. The monoisotopic (exact) mass is 349 g/mol. The summed E-state index contributed by atoms with van der Waals surface area (Å²) in [4.78, 5) is 28.8. The van der Waals surface area contributed by atoms with Gasteiger partial charge in [-0.3, -0.25) is 9.59 Å². The molecule has 0 aliphatic heterocycles. The van der Waals surface area contributed by atoms with E-state index in [1.165, 1.54) is 23.5 Å². The second kappa shape index (κ2) is 8.54. The van der Waals surface area contributed by atoms with Crippen LogP contribution in [-0.4, -0.2) is 23.3 Å². The zero-order valence-electron chi connectivity index (χ0n) is 13.7. The number of nitrogens with zero attached hydrogens (tertiary/aromatic N) is 1. The van der Waals surface area contributed by atoms with Gasteiger partial charge in [0.1, 0.15) is 15.7 Å². The van der Waals surface area contributed by atoms with Crippen molar-refractivity contribution in [2.45, 2.75) is 33.2 Å². The molecule has 2 amide bonds. The molecule has 2 N–H and O–H groups in total. The summed E-state index contributed by atoms with van der Waals surface area (Å²) in [5.74, 6) is -0.643. The van der Waals surface area contributed by atoms with Crippen molar-refractivity contribution in [2.24, 2.45) is 0 Å². The topological polar surface area (TPSA) is 71.1 Å². The highest BCUT2D eigenvalue weighted by molar-refractivity contribution is 7.13. The lowest BCUT2D eigenvalue weighted by Gasteiger charge is -2.04. The maximum atomic E-state index is 12.8. The van der Waals surface area contributed by atoms with Crippen molar-refractivity contribution < 1.29 is 14.0 Å². The summed E-state index contributed by atoms with van der Waals surface area (Å²) < 4.78 is 12.8. The molecule has 0 fully saturated rings. The molecule has 0 saturated heterocycles. The number of benzene rings is 1. The molecule has 0 unspecified atom stereocenters. The molecule has 0 atom stereocenters. The van der Waals surface area contributed by atoms with Crippen LogP contribution in [0.4, 0.5) is 4.39 Å². The molecule has 0 aliphatic rings. The molecule has 0 spiro atoms. The minimum Gasteiger partial charge on any atom is -0.352 e. The molecule has 2 rings (SSSR count). The number of thiazole rings is 1. The highest BCUT2D eigenvalue weighted by Gasteiger charge is 2.16. The lowest BCUT2D eigenvalue weighted by Crippen LogP contribution is -2.24. The van der Waals surface area contributed by atoms with Gasteiger partial charge in [-0.15, -0.1) is 11.3 Å². The summed E-state index contributed by atoms with van der Waals surface area (Å²) >= 11 is 1.24. The third-order valence-corrected chi connectivity index (χ3v) is 4.45. The van der Waals surface area contributed by atoms with Gasteiger partial charge in [0.05, 0.1) is 12.1 Å². The molecule has 128 valence electrons. The first-order valence-electron chi connectivity index (χ1n) is 7.75. The molecule has 7 heteroatoms. The number of amides is 2. The van der Waals surface area contributed by atoms with Crippen LogP contribution in [0.2, 0.25) is 0 Å². The van der Waals surface area contributed by atoms with Crippen LogP contribution in [0.15, 0.2) is 24.3 Å². The average molecular weight is 349 g/mol. The minimum absolute atomic E-state index is 0.119. The number of nitrogens with one attached hydrogen (secondary N) is 2. The Bertz CT molecular complexity index is 713. The first-order valence-corrected chi connectivity index (χ1v) is 8.57. The molecule has 0 radical (unpaired) electrons. The Kier molecular flexibility index (Phi) is 6.43. The third kappa shape index (κ3) is 5.13. The van der Waals surface area contributed by atoms with Crippen LogP contribution in [0.1, 0.15) is 39.3 Å². The third-order valence-electron chi connectivity index (χ3n) is 3.30. The van der Waals surface area contributed by atoms with Crippen LogP contribution < -0.4 is 10.6 Å². The lowest BCUT2D eigenvalue weighted by molar-refractivity contribution is -0.120. The molecule has 1 heterocycles. The largest absolute Gasteiger partial charge is 0.352 e. The van der Waals surface area contributed by atoms with Crippen molar-refractivity contribution in [3.63, 3.8) is 0 Å². The van der Waals surface area contributed by atoms with E-state index in [0.717, 1.165) is 12.0 Å². The number of aromatic nitrogens is 1. The highest BCUT2D eigenvalue weighted by atomic mass is 32.1. The predicted molar refractivity (Wildman–Crippen MR) is 91.4 cm³/mol. The van der Waals surface area contributed by atoms with Gasteiger partial charge in [0.25, 0.3) is 5.91 Å². The van der Waals surface area contributed by atoms with Crippen molar-refractivity contribution in [3.8, 4) is 0 Å². The Hall–Kier alpha value is -2.28. The summed E-state index contributed by atoms with van der Waals surface area (Å²) in [6.07, 6.45) is 0.982. The number of aryl methyl sites for hydroxylation is 1. The maximum Gasteiger partial charge on any atom is 0.263 e. The van der Waals surface area contributed by atoms with Crippen LogP contribution in [0.3, 0.4) is 0 Å². The van der Waals surface area contributed by atoms with Crippen molar-refractivity contribution >= 4 is 23.2 Å². The van der Waals surface area contributed by atoms with Gasteiger partial charge >= 0.3 is 0 Å². The van der Waals surface area contributed by atoms with E-state index < -0.39 is 0 Å². The second-order valence-corrected chi connectivity index (χ2v) is 6.44. The quantitative estimate of drug-likeness (QED) is 0.807. The van der Waals surface area contributed by atoms with E-state index in [0.29, 0.717) is 28.7 Å². The van der Waals surface area contributed by atoms with Crippen LogP contribution in [0, 0.1) is 12.7 Å². The number of rotatable bonds is 7. The second-order valence-electron chi connectivity index (χ2n) is 5.36. The summed E-state index contributed by atoms with van der Waals surface area (Å²) in [5, 5.41) is 6.17. The van der Waals surface area contributed by atoms with Crippen LogP contribution in [-0.2, 0) is 17.8 Å². The van der Waals surface area contributed by atoms with Gasteiger partial charge in [-0.25, -0.2) is 9.37 Å². The lowest BCUT2D eigenvalue weighted by atomic mass is 10.2. The van der Waals surface area contributed by atoms with Crippen molar-refractivity contribution in [3.05, 3.63) is 51.2 Å². The molecular weight excluding hydrogens is 329 g/mol. The number of carbonyl (C=O) groups excluding carboxylic acids is 2. The maximum absolute atomic E-state index is 12.8. The van der Waals surface area contributed by atoms with Gasteiger partial charge in [0, 0.05) is 13.1 Å². The molecule has 2 aromatic rings. The number of hydrogen-bond donors (Lipinski definition) is 2. The number of halogens is 1. The average Bonchev–Trinajstić information content (AvgIpc) is 2.92. The van der Waals surface area contributed by atoms with Crippen molar-refractivity contribution in [1.82, 2.24) is 15.6 Å². The van der Waals surface area contributed by atoms with Crippen molar-refractivity contribution in [1.29, 1.82) is 0 Å². The smallest absolute Gasteiger partial charge is 0.263 e. The standard InChI is InChI=1S/C17H20FN3O2S/c1-3-8-19-17(23)16-11(2)21-15(24-16)9-14(22)20-10-12-4-6-13(18)7-5-12/h4-7H,3,8-10H2,1-2H3,(H,19,23)(H,20,22). The van der Waals surface area contributed by atoms with Gasteiger partial charge in [0.2, 0.25) is 5.91 Å². The first kappa shape index (κ1) is 18.1. The van der Waals surface area contributed by atoms with E-state index in [4.69, 9.17) is 0 Å². The Labute approximate surface area is 144 Å². The molecule has 0 aliphatic carbocycles. The number of carbonyl (C=O) groups is 2. The SMILES string of the molecule is CCCNC(=O)c1sc(CC(=O)NCc2ccc(F)cc2)nc1C. The van der Waals surface area contributed by atoms with E-state index in [1.807, 2.05) is 6.92 Å². The van der Waals surface area contributed by atoms with Crippen LogP contribution in [0.25, 0.3) is 0 Å². The Balaban J connectivity index is 1.89. The summed E-state index contributed by atoms with van der Waals surface area (Å²) in [6, 6.07) is 5.96. The zero-order valence-corrected chi connectivity index (χ0v) is 14.5. The fourth-order valence-corrected chi connectivity index (χ4v) is 3.04. The molecule has 5 nitrogen and oxygen atoms in total. The van der Waals surface area contributed by atoms with Crippen LogP contribution in [0.5, 0.6) is 0 Å². The molecule has 0 bridgehead atoms. The van der Waals surface area contributed by atoms with Crippen molar-refractivity contribution in [2.75, 3.05) is 6.54 Å². The van der Waals surface area contributed by atoms with Crippen LogP contribution >= 0.6 is 11.3 Å². The van der Waals surface area contributed by atoms with E-state index in [1.54, 1.807) is 19.1 Å². The fourth-order valence-electron chi connectivity index (χ4n) is 2.06. The van der Waals surface area contributed by atoms with Gasteiger partial charge in [-0.05, 0) is 31.0 Å². The van der Waals surface area contributed by atoms with E-state index in [-0.39, 0.29) is 24.1 Å². The molecule has 0 saturated carbocycles. The van der Waals surface area contributed by atoms with Gasteiger partial charge in [-0.1, -0.05) is 19.1 Å². The van der Waals surface area contributed by atoms with E-state index >= 15 is 0 Å². The fraction of sp³-hybridized carbons (Fsp3) is 0.353. The van der Waals surface area contributed by atoms with Gasteiger partial charge in [-0.2, -0.15) is 0 Å².